The van der Waals surface area contributed by atoms with Gasteiger partial charge in [0.15, 0.2) is 0 Å². The Labute approximate surface area is 785 Å². The van der Waals surface area contributed by atoms with Crippen molar-refractivity contribution in [3.63, 3.8) is 0 Å². The number of hydrogen-bond donors (Lipinski definition) is 1. The molecule has 134 heavy (non-hydrogen) atoms. The van der Waals surface area contributed by atoms with Crippen LogP contribution in [0.15, 0.2) is 358 Å². The number of rotatable bonds is 8. The van der Waals surface area contributed by atoms with Gasteiger partial charge in [-0.25, -0.2) is 0 Å². The smallest absolute Gasteiger partial charge is 0.0641 e. The lowest BCUT2D eigenvalue weighted by atomic mass is 9.82. The third-order valence-electron chi connectivity index (χ3n) is 30.6. The molecule has 0 saturated heterocycles. The van der Waals surface area contributed by atoms with E-state index in [0.29, 0.717) is 0 Å². The zero-order valence-electron chi connectivity index (χ0n) is 79.9. The van der Waals surface area contributed by atoms with E-state index in [9.17, 15) is 0 Å². The molecule has 26 rings (SSSR count). The summed E-state index contributed by atoms with van der Waals surface area (Å²) in [6, 6.07) is 135. The topological polar surface area (TPSA) is 27.3 Å². The van der Waals surface area contributed by atoms with Gasteiger partial charge in [-0.1, -0.05) is 352 Å². The molecule has 0 fully saturated rings. The Hall–Kier alpha value is -14.8. The Morgan fingerprint density at radius 2 is 0.604 bits per heavy atom. The zero-order chi connectivity index (χ0) is 91.9. The molecule has 0 unspecified atom stereocenters. The normalized spacial score (nSPS) is 14.0. The first kappa shape index (κ1) is 82.4. The number of nitrogens with zero attached hydrogens (tertiary/aromatic N) is 4. The molecule has 4 aromatic heterocycles. The lowest BCUT2D eigenvalue weighted by Gasteiger charge is -2.29. The highest BCUT2D eigenvalue weighted by molar-refractivity contribution is 6.32. The van der Waals surface area contributed by atoms with Crippen molar-refractivity contribution >= 4 is 165 Å². The standard InChI is InChI=1S/C76H65N3.C28H19N.C25H27N/c1-73(2,3)49-25-30-51(31-26-49)77(54-34-37-59-57-19-13-15-21-64(57)75(7,8)66(59)44-54)53-29-23-47-42-63-61-39-40-68(70-62-36-24-46-17-11-12-18-56(46)71(62)79(72(61)70)69(63)43-48(47)41-53)78(52-32-27-50(28-33-52)74(4,5)6)55-35-38-60-58-20-14-16-22-65(58)76(9,10)67(60)45-55;1-16-7-9-19-14-24-22-11-8-17(2)26-23-12-10-18-5-3-4-6-21(18)27(23)29(28(22)26)25(24)15-20(19)13-16;1-24(2,3)17-10-12-18(13-11-17)26-19-14-15-21-20-8-6-7-9-22(20)25(4,5)23(21)16-19/h11-45H,1-10H3;3-15H,1-2H3;6-16,26H,1-5H3. The SMILES string of the molecule is CC(C)(C)c1ccc(N(c2ccc3c(c2)C(C)(C)c2ccccc2-3)c2ccc3cc4c5ccc(N(c6ccc(C(C)(C)C)cc6)c6ccc7c(c6)C(C)(C)c6ccccc6-7)c6c7ccc8ccccc8c7n(c4cc3c2)c56)cc1.CC(C)(C)c1ccc(Nc2ccc3c(c2)C(C)(C)c2ccccc2-3)cc1.Cc1ccc2cc3c4ccc(C)c5c6ccc7ccccc7c6n(c3cc2c1)c45. The van der Waals surface area contributed by atoms with Crippen LogP contribution in [0.3, 0.4) is 0 Å². The number of hydrogen-bond acceptors (Lipinski definition) is 3. The summed E-state index contributed by atoms with van der Waals surface area (Å²) in [6.07, 6.45) is 0. The van der Waals surface area contributed by atoms with Gasteiger partial charge >= 0.3 is 0 Å². The van der Waals surface area contributed by atoms with Gasteiger partial charge in [0.25, 0.3) is 0 Å². The summed E-state index contributed by atoms with van der Waals surface area (Å²) in [7, 11) is 0. The van der Waals surface area contributed by atoms with E-state index in [-0.39, 0.29) is 32.5 Å². The van der Waals surface area contributed by atoms with Gasteiger partial charge in [-0.05, 0) is 267 Å². The maximum Gasteiger partial charge on any atom is 0.0641 e. The van der Waals surface area contributed by atoms with Crippen LogP contribution in [0.1, 0.15) is 165 Å². The molecular weight excluding hydrogens is 1620 g/mol. The Morgan fingerprint density at radius 1 is 0.239 bits per heavy atom. The number of benzene rings is 19. The minimum Gasteiger partial charge on any atom is -0.356 e. The van der Waals surface area contributed by atoms with Gasteiger partial charge in [-0.2, -0.15) is 0 Å². The van der Waals surface area contributed by atoms with Crippen LogP contribution in [0.5, 0.6) is 0 Å². The van der Waals surface area contributed by atoms with Crippen LogP contribution < -0.4 is 15.1 Å². The number of aromatic nitrogens is 2. The highest BCUT2D eigenvalue weighted by atomic mass is 15.2. The summed E-state index contributed by atoms with van der Waals surface area (Å²) in [6.45, 7) is 39.1. The van der Waals surface area contributed by atoms with Crippen molar-refractivity contribution in [2.24, 2.45) is 0 Å². The van der Waals surface area contributed by atoms with E-state index in [1.807, 2.05) is 0 Å². The maximum atomic E-state index is 3.58. The molecule has 0 bridgehead atoms. The van der Waals surface area contributed by atoms with Crippen molar-refractivity contribution < 1.29 is 0 Å². The van der Waals surface area contributed by atoms with E-state index in [0.717, 1.165) is 39.8 Å². The van der Waals surface area contributed by atoms with Crippen molar-refractivity contribution in [1.82, 2.24) is 8.80 Å². The number of fused-ring (bicyclic) bond motifs is 27. The first-order valence-corrected chi connectivity index (χ1v) is 47.9. The lowest BCUT2D eigenvalue weighted by molar-refractivity contribution is 0.590. The molecule has 1 N–H and O–H groups in total. The molecule has 5 heteroatoms. The highest BCUT2D eigenvalue weighted by Crippen LogP contribution is 2.57. The van der Waals surface area contributed by atoms with E-state index in [4.69, 9.17) is 0 Å². The van der Waals surface area contributed by atoms with Crippen LogP contribution in [0.4, 0.5) is 45.5 Å². The van der Waals surface area contributed by atoms with Crippen molar-refractivity contribution in [1.29, 1.82) is 0 Å². The minimum absolute atomic E-state index is 0.0208. The summed E-state index contributed by atoms with van der Waals surface area (Å²) in [5, 5.41) is 24.2. The van der Waals surface area contributed by atoms with Gasteiger partial charge in [0.1, 0.15) is 0 Å². The van der Waals surface area contributed by atoms with Crippen LogP contribution in [-0.2, 0) is 32.5 Å². The second kappa shape index (κ2) is 29.6. The monoisotopic (exact) mass is 1730 g/mol. The lowest BCUT2D eigenvalue weighted by Crippen LogP contribution is -2.17. The summed E-state index contributed by atoms with van der Waals surface area (Å²) in [4.78, 5) is 5.01. The summed E-state index contributed by atoms with van der Waals surface area (Å²) in [5.41, 5.74) is 39.9. The van der Waals surface area contributed by atoms with Crippen LogP contribution in [0, 0.1) is 13.8 Å². The van der Waals surface area contributed by atoms with Crippen molar-refractivity contribution in [3.8, 4) is 33.4 Å². The molecule has 5 nitrogen and oxygen atoms in total. The fourth-order valence-corrected chi connectivity index (χ4v) is 23.4. The maximum absolute atomic E-state index is 3.58. The molecule has 0 amide bonds. The van der Waals surface area contributed by atoms with Crippen LogP contribution in [-0.4, -0.2) is 8.80 Å². The zero-order valence-corrected chi connectivity index (χ0v) is 79.9. The fraction of sp³-hybridized carbons (Fsp3) is 0.178. The molecule has 0 aliphatic heterocycles. The molecule has 652 valence electrons. The molecule has 3 aliphatic rings. The molecular formula is C129H111N5. The van der Waals surface area contributed by atoms with E-state index in [1.165, 1.54) is 220 Å². The molecule has 0 radical (unpaired) electrons. The first-order chi connectivity index (χ1) is 64.4. The number of anilines is 8. The average Bonchev–Trinajstić information content (AvgIpc) is 1.52. The largest absolute Gasteiger partial charge is 0.356 e. The average molecular weight is 1730 g/mol. The second-order valence-electron chi connectivity index (χ2n) is 43.1. The van der Waals surface area contributed by atoms with Crippen molar-refractivity contribution in [2.45, 2.75) is 150 Å². The Bertz CT molecular complexity index is 8810. The Morgan fingerprint density at radius 3 is 1.11 bits per heavy atom. The van der Waals surface area contributed by atoms with Crippen molar-refractivity contribution in [3.05, 3.63) is 419 Å². The molecule has 0 saturated carbocycles. The summed E-state index contributed by atoms with van der Waals surface area (Å²) in [5.74, 6) is 0. The molecule has 23 aromatic rings. The van der Waals surface area contributed by atoms with Gasteiger partial charge in [-0.15, -0.1) is 0 Å². The van der Waals surface area contributed by atoms with E-state index < -0.39 is 0 Å². The summed E-state index contributed by atoms with van der Waals surface area (Å²) < 4.78 is 5.13. The molecule has 0 atom stereocenters. The predicted molar refractivity (Wildman–Crippen MR) is 576 cm³/mol. The fourth-order valence-electron chi connectivity index (χ4n) is 23.4. The highest BCUT2D eigenvalue weighted by Gasteiger charge is 2.40. The Kier molecular flexibility index (Phi) is 18.2. The van der Waals surface area contributed by atoms with Gasteiger partial charge in [-0.3, -0.25) is 0 Å². The van der Waals surface area contributed by atoms with Crippen LogP contribution in [0.2, 0.25) is 0 Å². The van der Waals surface area contributed by atoms with Gasteiger partial charge in [0.05, 0.1) is 38.8 Å². The molecule has 19 aromatic carbocycles. The molecule has 4 heterocycles. The van der Waals surface area contributed by atoms with E-state index >= 15 is 0 Å². The minimum atomic E-state index is -0.150. The second-order valence-corrected chi connectivity index (χ2v) is 43.1. The van der Waals surface area contributed by atoms with Crippen molar-refractivity contribution in [2.75, 3.05) is 15.1 Å². The third kappa shape index (κ3) is 12.7. The van der Waals surface area contributed by atoms with Crippen LogP contribution in [0.25, 0.3) is 153 Å². The Balaban J connectivity index is 0.000000144. The quantitative estimate of drug-likeness (QED) is 0.164. The third-order valence-corrected chi connectivity index (χ3v) is 30.6. The number of aryl methyl sites for hydroxylation is 2. The predicted octanol–water partition coefficient (Wildman–Crippen LogP) is 36.1. The van der Waals surface area contributed by atoms with Gasteiger partial charge in [0.2, 0.25) is 0 Å². The molecule has 0 spiro atoms. The van der Waals surface area contributed by atoms with Gasteiger partial charge in [0, 0.05) is 110 Å². The molecule has 3 aliphatic carbocycles. The van der Waals surface area contributed by atoms with Crippen LogP contribution >= 0.6 is 0 Å². The van der Waals surface area contributed by atoms with E-state index in [1.54, 1.807) is 0 Å². The van der Waals surface area contributed by atoms with Gasteiger partial charge < -0.3 is 23.9 Å². The van der Waals surface area contributed by atoms with E-state index in [2.05, 4.69) is 500 Å². The summed E-state index contributed by atoms with van der Waals surface area (Å²) >= 11 is 0. The number of nitrogens with one attached hydrogen (secondary N) is 1. The first-order valence-electron chi connectivity index (χ1n) is 47.9.